The summed E-state index contributed by atoms with van der Waals surface area (Å²) in [7, 11) is -2.41. The third-order valence-corrected chi connectivity index (χ3v) is 6.32. The molecule has 0 aliphatic heterocycles. The van der Waals surface area contributed by atoms with Crippen LogP contribution in [0, 0.1) is 6.92 Å². The van der Waals surface area contributed by atoms with Crippen molar-refractivity contribution in [2.24, 2.45) is 18.5 Å². The Morgan fingerprint density at radius 3 is 1.98 bits per heavy atom. The first-order valence-corrected chi connectivity index (χ1v) is 14.3. The molecule has 0 aliphatic rings. The number of nitrogens with zero attached hydrogens (tertiary/aromatic N) is 1. The van der Waals surface area contributed by atoms with Crippen LogP contribution >= 0.6 is 0 Å². The van der Waals surface area contributed by atoms with Crippen LogP contribution in [0.25, 0.3) is 0 Å². The van der Waals surface area contributed by atoms with Crippen molar-refractivity contribution in [3.8, 4) is 5.75 Å². The summed E-state index contributed by atoms with van der Waals surface area (Å²) in [5, 5.41) is 16.5. The van der Waals surface area contributed by atoms with Gasteiger partial charge in [-0.15, -0.1) is 0 Å². The molecule has 12 nitrogen and oxygen atoms in total. The molecule has 232 valence electrons. The molecule has 1 aromatic heterocycles. The monoisotopic (exact) mass is 606 g/mol. The van der Waals surface area contributed by atoms with E-state index in [4.69, 9.17) is 26.1 Å². The molecule has 0 saturated carbocycles. The Morgan fingerprint density at radius 2 is 1.50 bits per heavy atom. The van der Waals surface area contributed by atoms with E-state index in [0.29, 0.717) is 17.6 Å². The number of hydrogen-bond acceptors (Lipinski definition) is 8. The fourth-order valence-corrected chi connectivity index (χ4v) is 4.35. The fourth-order valence-electron chi connectivity index (χ4n) is 3.11. The van der Waals surface area contributed by atoms with E-state index < -0.39 is 21.4 Å². The average Bonchev–Trinajstić information content (AvgIpc) is 2.88. The molecule has 3 rings (SSSR count). The second-order valence-corrected chi connectivity index (χ2v) is 11.2. The minimum absolute atomic E-state index is 0.0234. The number of aryl methyl sites for hydroxylation is 1. The molecular formula is C29H42N4O8S. The number of aromatic nitrogens is 1. The van der Waals surface area contributed by atoms with Gasteiger partial charge in [-0.2, -0.15) is 0 Å². The van der Waals surface area contributed by atoms with Gasteiger partial charge in [0.25, 0.3) is 6.47 Å². The van der Waals surface area contributed by atoms with E-state index in [1.807, 2.05) is 33.8 Å². The van der Waals surface area contributed by atoms with Crippen LogP contribution in [0.2, 0.25) is 0 Å². The summed E-state index contributed by atoms with van der Waals surface area (Å²) in [6.07, 6.45) is 0. The Kier molecular flexibility index (Phi) is 17.3. The Balaban J connectivity index is 0.00000132. The molecule has 0 bridgehead atoms. The average molecular weight is 607 g/mol. The maximum absolute atomic E-state index is 12.6. The van der Waals surface area contributed by atoms with Crippen LogP contribution < -0.4 is 26.4 Å². The zero-order valence-electron chi connectivity index (χ0n) is 24.8. The first-order chi connectivity index (χ1) is 19.6. The van der Waals surface area contributed by atoms with Gasteiger partial charge >= 0.3 is 5.97 Å². The number of pyridine rings is 1. The van der Waals surface area contributed by atoms with Gasteiger partial charge in [-0.3, -0.25) is 9.59 Å². The Bertz CT molecular complexity index is 1410. The van der Waals surface area contributed by atoms with E-state index >= 15 is 0 Å². The van der Waals surface area contributed by atoms with E-state index in [0.717, 1.165) is 5.56 Å². The third kappa shape index (κ3) is 14.0. The molecule has 0 fully saturated rings. The normalized spacial score (nSPS) is 10.3. The van der Waals surface area contributed by atoms with Crippen LogP contribution in [-0.2, 0) is 35.0 Å². The van der Waals surface area contributed by atoms with Gasteiger partial charge in [0.1, 0.15) is 6.61 Å². The highest BCUT2D eigenvalue weighted by Crippen LogP contribution is 2.18. The first kappa shape index (κ1) is 38.0. The van der Waals surface area contributed by atoms with Crippen molar-refractivity contribution in [1.82, 2.24) is 9.29 Å². The highest BCUT2D eigenvalue weighted by molar-refractivity contribution is 7.89. The van der Waals surface area contributed by atoms with Crippen molar-refractivity contribution in [3.05, 3.63) is 93.4 Å². The number of carbonyl (C=O) groups is 2. The Morgan fingerprint density at radius 1 is 1.02 bits per heavy atom. The zero-order valence-corrected chi connectivity index (χ0v) is 25.6. The van der Waals surface area contributed by atoms with Gasteiger partial charge in [0.15, 0.2) is 11.4 Å². The van der Waals surface area contributed by atoms with Crippen molar-refractivity contribution in [2.75, 3.05) is 0 Å². The summed E-state index contributed by atoms with van der Waals surface area (Å²) < 4.78 is 34.4. The lowest BCUT2D eigenvalue weighted by atomic mass is 10.2. The molecular weight excluding hydrogens is 564 g/mol. The molecule has 2 aromatic carbocycles. The van der Waals surface area contributed by atoms with E-state index in [9.17, 15) is 23.1 Å². The third-order valence-electron chi connectivity index (χ3n) is 4.76. The lowest BCUT2D eigenvalue weighted by Gasteiger charge is -2.17. The van der Waals surface area contributed by atoms with Crippen molar-refractivity contribution in [2.45, 2.75) is 64.7 Å². The maximum Gasteiger partial charge on any atom is 0.356 e. The topological polar surface area (TPSA) is 204 Å². The number of aromatic carboxylic acids is 1. The second-order valence-electron chi connectivity index (χ2n) is 9.50. The maximum atomic E-state index is 12.6. The largest absolute Gasteiger partial charge is 0.483 e. The van der Waals surface area contributed by atoms with E-state index in [-0.39, 0.29) is 41.7 Å². The minimum Gasteiger partial charge on any atom is -0.483 e. The number of benzene rings is 2. The summed E-state index contributed by atoms with van der Waals surface area (Å²) in [5.74, 6) is -1.66. The molecule has 1 heterocycles. The molecule has 0 amide bonds. The number of hydrogen-bond donors (Lipinski definition) is 5. The fraction of sp³-hybridized carbons (Fsp3) is 0.345. The Labute approximate surface area is 247 Å². The van der Waals surface area contributed by atoms with Crippen molar-refractivity contribution >= 4 is 22.5 Å². The van der Waals surface area contributed by atoms with Gasteiger partial charge in [0.05, 0.1) is 11.4 Å². The van der Waals surface area contributed by atoms with Gasteiger partial charge in [-0.25, -0.2) is 17.9 Å². The van der Waals surface area contributed by atoms with E-state index in [1.54, 1.807) is 49.4 Å². The van der Waals surface area contributed by atoms with Crippen molar-refractivity contribution in [3.63, 3.8) is 0 Å². The summed E-state index contributed by atoms with van der Waals surface area (Å²) in [4.78, 5) is 32.9. The molecule has 0 unspecified atom stereocenters. The van der Waals surface area contributed by atoms with Gasteiger partial charge in [-0.05, 0) is 36.2 Å². The summed E-state index contributed by atoms with van der Waals surface area (Å²) >= 11 is 0. The molecule has 0 radical (unpaired) electrons. The standard InChI is InChI=1S/C22H22N2O6S.2C3H9N.CH2O2/c1-15-8-6-7-11-19(15)31(28,29)23-13-17-12-18(25)21(20(22(26)27)24(17)2)30-14-16-9-4-3-5-10-16;2*1-3(2)4;2-1-3/h3-12,23H,13-14H2,1-2H3,(H,26,27);2*3H,4H2,1-2H3;1H,(H,2,3). The molecule has 13 heteroatoms. The van der Waals surface area contributed by atoms with Crippen LogP contribution in [0.3, 0.4) is 0 Å². The smallest absolute Gasteiger partial charge is 0.356 e. The number of nitrogens with one attached hydrogen (secondary N) is 1. The number of carboxylic acids is 1. The lowest BCUT2D eigenvalue weighted by Crippen LogP contribution is -2.28. The van der Waals surface area contributed by atoms with Crippen molar-refractivity contribution < 1.29 is 33.0 Å². The predicted octanol–water partition coefficient (Wildman–Crippen LogP) is 2.86. The van der Waals surface area contributed by atoms with Crippen LogP contribution in [0.5, 0.6) is 5.75 Å². The second kappa shape index (κ2) is 19.1. The van der Waals surface area contributed by atoms with Gasteiger partial charge in [0.2, 0.25) is 15.5 Å². The summed E-state index contributed by atoms with van der Waals surface area (Å²) in [5.41, 5.74) is 10.8. The van der Waals surface area contributed by atoms with Crippen LogP contribution in [0.15, 0.2) is 70.4 Å². The van der Waals surface area contributed by atoms with Gasteiger partial charge in [0, 0.05) is 18.8 Å². The SMILES string of the molecule is CC(C)N.CC(C)N.Cc1ccccc1S(=O)(=O)NCc1cc(=O)c(OCc2ccccc2)c(C(=O)O)n1C.O=CO. The predicted molar refractivity (Wildman–Crippen MR) is 162 cm³/mol. The van der Waals surface area contributed by atoms with Crippen LogP contribution in [0.4, 0.5) is 0 Å². The molecule has 0 saturated heterocycles. The lowest BCUT2D eigenvalue weighted by molar-refractivity contribution is -0.122. The number of carboxylic acid groups (broad SMARTS) is 2. The molecule has 3 aromatic rings. The Hall–Kier alpha value is -4.04. The number of nitrogens with two attached hydrogens (primary N) is 2. The zero-order chi connectivity index (χ0) is 32.5. The quantitative estimate of drug-likeness (QED) is 0.237. The molecule has 0 atom stereocenters. The highest BCUT2D eigenvalue weighted by Gasteiger charge is 2.22. The van der Waals surface area contributed by atoms with Crippen LogP contribution in [-0.4, -0.2) is 47.7 Å². The molecule has 0 aliphatic carbocycles. The van der Waals surface area contributed by atoms with E-state index in [1.165, 1.54) is 23.7 Å². The first-order valence-electron chi connectivity index (χ1n) is 12.9. The highest BCUT2D eigenvalue weighted by atomic mass is 32.2. The number of sulfonamides is 1. The number of rotatable bonds is 8. The van der Waals surface area contributed by atoms with Gasteiger partial charge < -0.3 is 31.0 Å². The van der Waals surface area contributed by atoms with Crippen LogP contribution in [0.1, 0.15) is 55.0 Å². The van der Waals surface area contributed by atoms with Gasteiger partial charge in [-0.1, -0.05) is 76.2 Å². The van der Waals surface area contributed by atoms with E-state index in [2.05, 4.69) is 4.72 Å². The summed E-state index contributed by atoms with van der Waals surface area (Å²) in [6.45, 7) is 8.96. The number of ether oxygens (including phenoxy) is 1. The molecule has 7 N–H and O–H groups in total. The summed E-state index contributed by atoms with van der Waals surface area (Å²) in [6, 6.07) is 17.3. The molecule has 0 spiro atoms. The molecule has 42 heavy (non-hydrogen) atoms. The minimum atomic E-state index is -3.85. The van der Waals surface area contributed by atoms with Crippen molar-refractivity contribution in [1.29, 1.82) is 0 Å².